The maximum atomic E-state index is 11.6. The SMILES string of the molecule is CCC(C)NC(=O)CSc1nnc(CN)n1CC. The Morgan fingerprint density at radius 2 is 2.22 bits per heavy atom. The minimum atomic E-state index is 0.0225. The molecule has 0 bridgehead atoms. The molecule has 0 fully saturated rings. The molecule has 0 aliphatic carbocycles. The Bertz CT molecular complexity index is 393. The molecule has 0 saturated carbocycles. The number of carbonyl (C=O) groups is 1. The van der Waals surface area contributed by atoms with E-state index >= 15 is 0 Å². The molecule has 102 valence electrons. The van der Waals surface area contributed by atoms with Gasteiger partial charge in [0, 0.05) is 12.6 Å². The van der Waals surface area contributed by atoms with Crippen molar-refractivity contribution in [2.24, 2.45) is 5.73 Å². The number of thioether (sulfide) groups is 1. The van der Waals surface area contributed by atoms with Gasteiger partial charge in [0.1, 0.15) is 5.82 Å². The van der Waals surface area contributed by atoms with Crippen molar-refractivity contribution in [1.82, 2.24) is 20.1 Å². The largest absolute Gasteiger partial charge is 0.353 e. The Balaban J connectivity index is 2.53. The molecule has 1 heterocycles. The predicted molar refractivity (Wildman–Crippen MR) is 72.2 cm³/mol. The monoisotopic (exact) mass is 271 g/mol. The second-order valence-corrected chi connectivity index (χ2v) is 4.96. The van der Waals surface area contributed by atoms with Gasteiger partial charge in [-0.3, -0.25) is 4.79 Å². The van der Waals surface area contributed by atoms with Crippen molar-refractivity contribution < 1.29 is 4.79 Å². The van der Waals surface area contributed by atoms with Crippen LogP contribution in [0.1, 0.15) is 33.0 Å². The lowest BCUT2D eigenvalue weighted by atomic mass is 10.3. The Morgan fingerprint density at radius 3 is 2.78 bits per heavy atom. The number of hydrogen-bond acceptors (Lipinski definition) is 5. The summed E-state index contributed by atoms with van der Waals surface area (Å²) in [6, 6.07) is 0.210. The van der Waals surface area contributed by atoms with E-state index in [-0.39, 0.29) is 11.9 Å². The lowest BCUT2D eigenvalue weighted by Crippen LogP contribution is -2.33. The summed E-state index contributed by atoms with van der Waals surface area (Å²) in [4.78, 5) is 11.6. The molecular weight excluding hydrogens is 250 g/mol. The smallest absolute Gasteiger partial charge is 0.230 e. The third-order valence-electron chi connectivity index (χ3n) is 2.64. The van der Waals surface area contributed by atoms with E-state index in [0.717, 1.165) is 23.9 Å². The average Bonchev–Trinajstić information content (AvgIpc) is 2.77. The molecule has 3 N–H and O–H groups in total. The van der Waals surface area contributed by atoms with Gasteiger partial charge in [-0.15, -0.1) is 10.2 Å². The zero-order valence-electron chi connectivity index (χ0n) is 11.1. The van der Waals surface area contributed by atoms with Gasteiger partial charge < -0.3 is 15.6 Å². The lowest BCUT2D eigenvalue weighted by molar-refractivity contribution is -0.119. The van der Waals surface area contributed by atoms with Crippen LogP contribution < -0.4 is 11.1 Å². The van der Waals surface area contributed by atoms with Crippen molar-refractivity contribution in [2.75, 3.05) is 5.75 Å². The summed E-state index contributed by atoms with van der Waals surface area (Å²) in [5.41, 5.74) is 5.57. The van der Waals surface area contributed by atoms with Crippen LogP contribution in [-0.4, -0.2) is 32.5 Å². The van der Waals surface area contributed by atoms with Crippen molar-refractivity contribution in [2.45, 2.75) is 51.5 Å². The normalized spacial score (nSPS) is 12.4. The number of aromatic nitrogens is 3. The van der Waals surface area contributed by atoms with Crippen LogP contribution in [0.5, 0.6) is 0 Å². The molecule has 6 nitrogen and oxygen atoms in total. The first kappa shape index (κ1) is 15.0. The van der Waals surface area contributed by atoms with E-state index in [2.05, 4.69) is 15.5 Å². The van der Waals surface area contributed by atoms with E-state index < -0.39 is 0 Å². The van der Waals surface area contributed by atoms with Crippen LogP contribution in [0.3, 0.4) is 0 Å². The minimum Gasteiger partial charge on any atom is -0.353 e. The highest BCUT2D eigenvalue weighted by Gasteiger charge is 2.12. The van der Waals surface area contributed by atoms with Gasteiger partial charge in [0.15, 0.2) is 5.16 Å². The van der Waals surface area contributed by atoms with Gasteiger partial charge in [0.25, 0.3) is 0 Å². The fourth-order valence-electron chi connectivity index (χ4n) is 1.44. The maximum Gasteiger partial charge on any atom is 0.230 e. The zero-order valence-corrected chi connectivity index (χ0v) is 12.0. The molecule has 0 saturated heterocycles. The minimum absolute atomic E-state index is 0.0225. The third kappa shape index (κ3) is 3.99. The topological polar surface area (TPSA) is 85.8 Å². The summed E-state index contributed by atoms with van der Waals surface area (Å²) in [6.07, 6.45) is 0.929. The highest BCUT2D eigenvalue weighted by molar-refractivity contribution is 7.99. The molecule has 1 aromatic heterocycles. The van der Waals surface area contributed by atoms with Gasteiger partial charge in [-0.25, -0.2) is 0 Å². The van der Waals surface area contributed by atoms with Crippen molar-refractivity contribution >= 4 is 17.7 Å². The first-order valence-corrected chi connectivity index (χ1v) is 7.15. The number of carbonyl (C=O) groups excluding carboxylic acids is 1. The van der Waals surface area contributed by atoms with E-state index in [1.807, 2.05) is 25.3 Å². The van der Waals surface area contributed by atoms with Gasteiger partial charge in [0.2, 0.25) is 5.91 Å². The molecule has 0 aliphatic heterocycles. The molecule has 0 aromatic carbocycles. The Morgan fingerprint density at radius 1 is 1.50 bits per heavy atom. The highest BCUT2D eigenvalue weighted by atomic mass is 32.2. The maximum absolute atomic E-state index is 11.6. The van der Waals surface area contributed by atoms with Crippen LogP contribution in [0, 0.1) is 0 Å². The number of nitrogens with two attached hydrogens (primary N) is 1. The quantitative estimate of drug-likeness (QED) is 0.715. The molecule has 1 unspecified atom stereocenters. The van der Waals surface area contributed by atoms with Gasteiger partial charge in [-0.1, -0.05) is 18.7 Å². The second-order valence-electron chi connectivity index (χ2n) is 4.01. The van der Waals surface area contributed by atoms with Crippen molar-refractivity contribution in [3.8, 4) is 0 Å². The third-order valence-corrected chi connectivity index (χ3v) is 3.61. The average molecular weight is 271 g/mol. The number of hydrogen-bond donors (Lipinski definition) is 2. The Hall–Kier alpha value is -1.08. The number of rotatable bonds is 7. The molecule has 1 atom stereocenters. The van der Waals surface area contributed by atoms with Crippen LogP contribution in [-0.2, 0) is 17.9 Å². The highest BCUT2D eigenvalue weighted by Crippen LogP contribution is 2.16. The van der Waals surface area contributed by atoms with Crippen molar-refractivity contribution in [1.29, 1.82) is 0 Å². The van der Waals surface area contributed by atoms with Gasteiger partial charge >= 0.3 is 0 Å². The molecule has 0 aliphatic rings. The molecular formula is C11H21N5OS. The van der Waals surface area contributed by atoms with Crippen molar-refractivity contribution in [3.05, 3.63) is 5.82 Å². The van der Waals surface area contributed by atoms with Crippen LogP contribution in [0.25, 0.3) is 0 Å². The van der Waals surface area contributed by atoms with Gasteiger partial charge in [-0.2, -0.15) is 0 Å². The molecule has 0 radical (unpaired) electrons. The number of nitrogens with one attached hydrogen (secondary N) is 1. The van der Waals surface area contributed by atoms with Gasteiger partial charge in [0.05, 0.1) is 12.3 Å². The Labute approximate surface area is 112 Å². The predicted octanol–water partition coefficient (Wildman–Crippen LogP) is 0.763. The van der Waals surface area contributed by atoms with E-state index in [1.165, 1.54) is 11.8 Å². The molecule has 18 heavy (non-hydrogen) atoms. The molecule has 1 rings (SSSR count). The summed E-state index contributed by atoms with van der Waals surface area (Å²) in [7, 11) is 0. The molecule has 7 heteroatoms. The summed E-state index contributed by atoms with van der Waals surface area (Å²) in [5.74, 6) is 1.13. The molecule has 1 aromatic rings. The summed E-state index contributed by atoms with van der Waals surface area (Å²) in [5, 5.41) is 11.7. The Kier molecular flexibility index (Phi) is 6.14. The first-order chi connectivity index (χ1) is 8.62. The van der Waals surface area contributed by atoms with Crippen LogP contribution in [0.4, 0.5) is 0 Å². The summed E-state index contributed by atoms with van der Waals surface area (Å²) in [6.45, 7) is 7.16. The first-order valence-electron chi connectivity index (χ1n) is 6.16. The second kappa shape index (κ2) is 7.38. The lowest BCUT2D eigenvalue weighted by Gasteiger charge is -2.11. The fourth-order valence-corrected chi connectivity index (χ4v) is 2.28. The summed E-state index contributed by atoms with van der Waals surface area (Å²) < 4.78 is 1.93. The molecule has 0 spiro atoms. The van der Waals surface area contributed by atoms with E-state index in [4.69, 9.17) is 5.73 Å². The van der Waals surface area contributed by atoms with Crippen LogP contribution >= 0.6 is 11.8 Å². The number of nitrogens with zero attached hydrogens (tertiary/aromatic N) is 3. The zero-order chi connectivity index (χ0) is 13.5. The van der Waals surface area contributed by atoms with Crippen LogP contribution in [0.15, 0.2) is 5.16 Å². The fraction of sp³-hybridized carbons (Fsp3) is 0.727. The van der Waals surface area contributed by atoms with Crippen LogP contribution in [0.2, 0.25) is 0 Å². The van der Waals surface area contributed by atoms with Crippen molar-refractivity contribution in [3.63, 3.8) is 0 Å². The van der Waals surface area contributed by atoms with Gasteiger partial charge in [-0.05, 0) is 20.3 Å². The van der Waals surface area contributed by atoms with E-state index in [1.54, 1.807) is 0 Å². The molecule has 1 amide bonds. The van der Waals surface area contributed by atoms with E-state index in [0.29, 0.717) is 12.3 Å². The number of amides is 1. The standard InChI is InChI=1S/C11H21N5OS/c1-4-8(3)13-10(17)7-18-11-15-14-9(6-12)16(11)5-2/h8H,4-7,12H2,1-3H3,(H,13,17). The van der Waals surface area contributed by atoms with E-state index in [9.17, 15) is 4.79 Å². The summed E-state index contributed by atoms with van der Waals surface area (Å²) >= 11 is 1.39.